The van der Waals surface area contributed by atoms with Crippen molar-refractivity contribution in [2.24, 2.45) is 0 Å². The molecule has 0 unspecified atom stereocenters. The lowest BCUT2D eigenvalue weighted by atomic mass is 10.5. The van der Waals surface area contributed by atoms with Crippen molar-refractivity contribution in [2.75, 3.05) is 0 Å². The Morgan fingerprint density at radius 1 is 2.00 bits per heavy atom. The molecule has 0 saturated carbocycles. The topological polar surface area (TPSA) is 13.1 Å². The van der Waals surface area contributed by atoms with Gasteiger partial charge in [0.05, 0.1) is 6.26 Å². The Morgan fingerprint density at radius 2 is 3.00 bits per heavy atom. The molecule has 6 heavy (non-hydrogen) atoms. The molecule has 0 amide bonds. The summed E-state index contributed by atoms with van der Waals surface area (Å²) in [5.74, 6) is 0.0440. The molecule has 0 aliphatic carbocycles. The van der Waals surface area contributed by atoms with Crippen LogP contribution in [0.3, 0.4) is 0 Å². The van der Waals surface area contributed by atoms with Gasteiger partial charge in [-0.05, 0) is 19.0 Å². The van der Waals surface area contributed by atoms with Gasteiger partial charge < -0.3 is 4.42 Å². The van der Waals surface area contributed by atoms with E-state index in [1.807, 2.05) is 0 Å². The van der Waals surface area contributed by atoms with Gasteiger partial charge in [0.15, 0.2) is 0 Å². The molecule has 1 aromatic heterocycles. The molecule has 0 fully saturated rings. The average Bonchev–Trinajstić information content (AvgIpc) is 2.08. The van der Waals surface area contributed by atoms with E-state index in [9.17, 15) is 0 Å². The second kappa shape index (κ2) is 1.17. The standard InChI is InChI=1S/C5H6O/c1-5-3-2-4-6-5/h2-4H,1H3/i1D3. The van der Waals surface area contributed by atoms with E-state index >= 15 is 0 Å². The van der Waals surface area contributed by atoms with Gasteiger partial charge in [0.25, 0.3) is 0 Å². The fourth-order valence-corrected chi connectivity index (χ4v) is 0.279. The first-order chi connectivity index (χ1) is 4.11. The van der Waals surface area contributed by atoms with Crippen molar-refractivity contribution in [2.45, 2.75) is 6.85 Å². The van der Waals surface area contributed by atoms with E-state index in [1.54, 1.807) is 6.07 Å². The third-order valence-corrected chi connectivity index (χ3v) is 0.521. The van der Waals surface area contributed by atoms with Crippen LogP contribution >= 0.6 is 0 Å². The Bertz CT molecular complexity index is 175. The van der Waals surface area contributed by atoms with Crippen LogP contribution in [0, 0.1) is 6.85 Å². The number of rotatable bonds is 0. The predicted molar refractivity (Wildman–Crippen MR) is 23.4 cm³/mol. The minimum absolute atomic E-state index is 0.0440. The van der Waals surface area contributed by atoms with Crippen LogP contribution < -0.4 is 0 Å². The Labute approximate surface area is 40.8 Å². The summed E-state index contributed by atoms with van der Waals surface area (Å²) in [7, 11) is 0. The van der Waals surface area contributed by atoms with Crippen LogP contribution in [-0.2, 0) is 0 Å². The minimum atomic E-state index is -2.09. The lowest BCUT2D eigenvalue weighted by Crippen LogP contribution is -1.48. The fraction of sp³-hybridized carbons (Fsp3) is 0.200. The molecule has 1 rings (SSSR count). The molecule has 0 aromatic carbocycles. The van der Waals surface area contributed by atoms with E-state index in [4.69, 9.17) is 4.11 Å². The number of furan rings is 1. The second-order valence-electron chi connectivity index (χ2n) is 0.977. The lowest BCUT2D eigenvalue weighted by Gasteiger charge is -1.69. The highest BCUT2D eigenvalue weighted by Crippen LogP contribution is 1.93. The van der Waals surface area contributed by atoms with E-state index < -0.39 is 6.85 Å². The second-order valence-corrected chi connectivity index (χ2v) is 0.977. The molecule has 0 bridgehead atoms. The molecule has 0 radical (unpaired) electrons. The van der Waals surface area contributed by atoms with Crippen LogP contribution in [0.5, 0.6) is 0 Å². The molecule has 1 aromatic rings. The van der Waals surface area contributed by atoms with E-state index in [0.29, 0.717) is 0 Å². The van der Waals surface area contributed by atoms with Crippen molar-refractivity contribution in [1.29, 1.82) is 0 Å². The SMILES string of the molecule is [2H]C([2H])([2H])c1ccco1. The van der Waals surface area contributed by atoms with Gasteiger partial charge in [-0.3, -0.25) is 0 Å². The smallest absolute Gasteiger partial charge is 0.100 e. The molecule has 0 aliphatic heterocycles. The zero-order valence-electron chi connectivity index (χ0n) is 6.14. The summed E-state index contributed by atoms with van der Waals surface area (Å²) in [4.78, 5) is 0. The highest BCUT2D eigenvalue weighted by Gasteiger charge is 1.75. The molecule has 0 atom stereocenters. The van der Waals surface area contributed by atoms with Gasteiger partial charge in [0.2, 0.25) is 0 Å². The molecular weight excluding hydrogens is 76.1 g/mol. The molecule has 1 nitrogen and oxygen atoms in total. The Morgan fingerprint density at radius 3 is 3.33 bits per heavy atom. The van der Waals surface area contributed by atoms with E-state index in [1.165, 1.54) is 12.3 Å². The van der Waals surface area contributed by atoms with Gasteiger partial charge in [-0.25, -0.2) is 0 Å². The fourth-order valence-electron chi connectivity index (χ4n) is 0.279. The molecule has 0 N–H and O–H groups in total. The molecule has 32 valence electrons. The third-order valence-electron chi connectivity index (χ3n) is 0.521. The largest absolute Gasteiger partial charge is 0.470 e. The molecular formula is C5H6O. The first-order valence-corrected chi connectivity index (χ1v) is 1.65. The van der Waals surface area contributed by atoms with Crippen LogP contribution in [0.25, 0.3) is 0 Å². The first kappa shape index (κ1) is 1.41. The van der Waals surface area contributed by atoms with Crippen LogP contribution in [-0.4, -0.2) is 0 Å². The van der Waals surface area contributed by atoms with Gasteiger partial charge in [-0.15, -0.1) is 0 Å². The maximum absolute atomic E-state index is 6.83. The first-order valence-electron chi connectivity index (χ1n) is 3.15. The quantitative estimate of drug-likeness (QED) is 0.466. The number of hydrogen-bond donors (Lipinski definition) is 0. The van der Waals surface area contributed by atoms with Crippen molar-refractivity contribution in [3.05, 3.63) is 24.2 Å². The molecule has 0 saturated heterocycles. The highest BCUT2D eigenvalue weighted by atomic mass is 16.3. The highest BCUT2D eigenvalue weighted by molar-refractivity contribution is 4.93. The van der Waals surface area contributed by atoms with Crippen molar-refractivity contribution in [3.8, 4) is 0 Å². The summed E-state index contributed by atoms with van der Waals surface area (Å²) in [6, 6.07) is 2.99. The maximum atomic E-state index is 6.83. The van der Waals surface area contributed by atoms with Crippen molar-refractivity contribution in [3.63, 3.8) is 0 Å². The lowest BCUT2D eigenvalue weighted by molar-refractivity contribution is 0.534. The zero-order valence-corrected chi connectivity index (χ0v) is 3.14. The predicted octanol–water partition coefficient (Wildman–Crippen LogP) is 1.59. The maximum Gasteiger partial charge on any atom is 0.100 e. The Balaban J connectivity index is 2.90. The van der Waals surface area contributed by atoms with Gasteiger partial charge in [0, 0.05) is 4.11 Å². The van der Waals surface area contributed by atoms with Crippen molar-refractivity contribution in [1.82, 2.24) is 0 Å². The van der Waals surface area contributed by atoms with Gasteiger partial charge in [0.1, 0.15) is 5.76 Å². The summed E-state index contributed by atoms with van der Waals surface area (Å²) < 4.78 is 25.1. The summed E-state index contributed by atoms with van der Waals surface area (Å²) in [6.45, 7) is -2.09. The van der Waals surface area contributed by atoms with Crippen LogP contribution in [0.1, 0.15) is 9.87 Å². The average molecular weight is 85.1 g/mol. The Hall–Kier alpha value is -0.720. The third kappa shape index (κ3) is 0.432. The molecule has 1 heteroatoms. The minimum Gasteiger partial charge on any atom is -0.470 e. The monoisotopic (exact) mass is 85.1 g/mol. The van der Waals surface area contributed by atoms with Gasteiger partial charge >= 0.3 is 0 Å². The summed E-state index contributed by atoms with van der Waals surface area (Å²) in [5.41, 5.74) is 0. The van der Waals surface area contributed by atoms with E-state index in [2.05, 4.69) is 4.42 Å². The van der Waals surface area contributed by atoms with Gasteiger partial charge in [-0.1, -0.05) is 0 Å². The summed E-state index contributed by atoms with van der Waals surface area (Å²) in [6.07, 6.45) is 1.35. The summed E-state index contributed by atoms with van der Waals surface area (Å²) in [5, 5.41) is 0. The molecule has 0 spiro atoms. The summed E-state index contributed by atoms with van der Waals surface area (Å²) >= 11 is 0. The van der Waals surface area contributed by atoms with Crippen LogP contribution in [0.15, 0.2) is 22.8 Å². The number of hydrogen-bond acceptors (Lipinski definition) is 1. The normalized spacial score (nSPS) is 18.3. The van der Waals surface area contributed by atoms with E-state index in [-0.39, 0.29) is 5.76 Å². The van der Waals surface area contributed by atoms with Crippen molar-refractivity contribution < 1.29 is 8.53 Å². The Kier molecular flexibility index (Phi) is 0.275. The van der Waals surface area contributed by atoms with Crippen molar-refractivity contribution >= 4 is 0 Å². The van der Waals surface area contributed by atoms with Crippen LogP contribution in [0.4, 0.5) is 0 Å². The molecule has 1 heterocycles. The molecule has 0 aliphatic rings. The van der Waals surface area contributed by atoms with Crippen LogP contribution in [0.2, 0.25) is 0 Å². The van der Waals surface area contributed by atoms with E-state index in [0.717, 1.165) is 0 Å². The zero-order chi connectivity index (χ0) is 6.91. The van der Waals surface area contributed by atoms with Gasteiger partial charge in [-0.2, -0.15) is 0 Å². The number of aryl methyl sites for hydroxylation is 1.